The van der Waals surface area contributed by atoms with Crippen molar-refractivity contribution in [3.8, 4) is 0 Å². The molecule has 0 unspecified atom stereocenters. The summed E-state index contributed by atoms with van der Waals surface area (Å²) >= 11 is 0. The third-order valence-electron chi connectivity index (χ3n) is 1.94. The van der Waals surface area contributed by atoms with Gasteiger partial charge in [0.2, 0.25) is 0 Å². The first-order valence-electron chi connectivity index (χ1n) is 4.26. The highest BCUT2D eigenvalue weighted by atomic mass is 16.2. The second kappa shape index (κ2) is 4.91. The number of hydrogen-bond donors (Lipinski definition) is 2. The van der Waals surface area contributed by atoms with Crippen LogP contribution in [-0.4, -0.2) is 11.7 Å². The van der Waals surface area contributed by atoms with E-state index in [1.165, 1.54) is 11.1 Å². The quantitative estimate of drug-likeness (QED) is 0.701. The van der Waals surface area contributed by atoms with Crippen molar-refractivity contribution < 1.29 is 5.11 Å². The van der Waals surface area contributed by atoms with Crippen LogP contribution < -0.4 is 5.73 Å². The Hall–Kier alpha value is -0.860. The summed E-state index contributed by atoms with van der Waals surface area (Å²) in [6, 6.07) is 8.10. The van der Waals surface area contributed by atoms with Gasteiger partial charge in [-0.05, 0) is 24.0 Å². The largest absolute Gasteiger partial charge is 0.396 e. The molecule has 0 atom stereocenters. The van der Waals surface area contributed by atoms with Crippen molar-refractivity contribution in [2.24, 2.45) is 5.73 Å². The minimum atomic E-state index is 0.249. The van der Waals surface area contributed by atoms with Crippen LogP contribution >= 0.6 is 0 Å². The van der Waals surface area contributed by atoms with E-state index in [1.807, 2.05) is 18.2 Å². The summed E-state index contributed by atoms with van der Waals surface area (Å²) in [4.78, 5) is 0. The average molecular weight is 165 g/mol. The molecule has 1 aromatic carbocycles. The smallest absolute Gasteiger partial charge is 0.0434 e. The molecule has 1 aromatic rings. The molecule has 0 saturated carbocycles. The number of aryl methyl sites for hydroxylation is 1. The number of benzene rings is 1. The van der Waals surface area contributed by atoms with Crippen molar-refractivity contribution in [3.63, 3.8) is 0 Å². The number of aliphatic hydroxyl groups is 1. The van der Waals surface area contributed by atoms with Gasteiger partial charge in [0.15, 0.2) is 0 Å². The first-order valence-corrected chi connectivity index (χ1v) is 4.26. The zero-order chi connectivity index (χ0) is 8.81. The fourth-order valence-electron chi connectivity index (χ4n) is 1.27. The molecule has 66 valence electrons. The van der Waals surface area contributed by atoms with E-state index in [0.29, 0.717) is 6.54 Å². The van der Waals surface area contributed by atoms with Crippen molar-refractivity contribution in [1.82, 2.24) is 0 Å². The fourth-order valence-corrected chi connectivity index (χ4v) is 1.27. The van der Waals surface area contributed by atoms with E-state index in [0.717, 1.165) is 12.8 Å². The zero-order valence-corrected chi connectivity index (χ0v) is 7.16. The van der Waals surface area contributed by atoms with Gasteiger partial charge in [0.1, 0.15) is 0 Å². The maximum Gasteiger partial charge on any atom is 0.0434 e. The van der Waals surface area contributed by atoms with Crippen LogP contribution in [0.3, 0.4) is 0 Å². The highest BCUT2D eigenvalue weighted by molar-refractivity contribution is 5.26. The Morgan fingerprint density at radius 3 is 2.42 bits per heavy atom. The molecule has 0 aromatic heterocycles. The topological polar surface area (TPSA) is 46.2 Å². The average Bonchev–Trinajstić information content (AvgIpc) is 2.15. The first-order chi connectivity index (χ1) is 5.88. The lowest BCUT2D eigenvalue weighted by Crippen LogP contribution is -2.01. The summed E-state index contributed by atoms with van der Waals surface area (Å²) in [6.07, 6.45) is 1.74. The van der Waals surface area contributed by atoms with E-state index in [1.54, 1.807) is 0 Å². The normalized spacial score (nSPS) is 10.2. The highest BCUT2D eigenvalue weighted by Gasteiger charge is 1.97. The molecule has 0 spiro atoms. The summed E-state index contributed by atoms with van der Waals surface area (Å²) in [5.74, 6) is 0. The summed E-state index contributed by atoms with van der Waals surface area (Å²) in [7, 11) is 0. The van der Waals surface area contributed by atoms with Gasteiger partial charge in [-0.15, -0.1) is 0 Å². The van der Waals surface area contributed by atoms with Crippen LogP contribution in [0.15, 0.2) is 24.3 Å². The van der Waals surface area contributed by atoms with Crippen LogP contribution in [0.1, 0.15) is 17.5 Å². The molecule has 0 aliphatic rings. The molecule has 0 heterocycles. The van der Waals surface area contributed by atoms with E-state index in [2.05, 4.69) is 6.07 Å². The predicted octanol–water partition coefficient (Wildman–Crippen LogP) is 1.07. The van der Waals surface area contributed by atoms with Gasteiger partial charge in [0.25, 0.3) is 0 Å². The Morgan fingerprint density at radius 2 is 1.83 bits per heavy atom. The fraction of sp³-hybridized carbons (Fsp3) is 0.400. The van der Waals surface area contributed by atoms with Crippen molar-refractivity contribution >= 4 is 0 Å². The Balaban J connectivity index is 2.68. The molecule has 0 aliphatic carbocycles. The van der Waals surface area contributed by atoms with Gasteiger partial charge >= 0.3 is 0 Å². The predicted molar refractivity (Wildman–Crippen MR) is 49.7 cm³/mol. The van der Waals surface area contributed by atoms with Crippen LogP contribution in [0, 0.1) is 0 Å². The summed E-state index contributed by atoms with van der Waals surface area (Å²) < 4.78 is 0. The van der Waals surface area contributed by atoms with Crippen LogP contribution in [-0.2, 0) is 13.0 Å². The van der Waals surface area contributed by atoms with Crippen molar-refractivity contribution in [3.05, 3.63) is 35.4 Å². The molecule has 0 bridgehead atoms. The Bertz CT molecular complexity index is 235. The van der Waals surface area contributed by atoms with Gasteiger partial charge in [-0.3, -0.25) is 0 Å². The van der Waals surface area contributed by atoms with Crippen LogP contribution in [0.4, 0.5) is 0 Å². The molecular weight excluding hydrogens is 150 g/mol. The molecule has 12 heavy (non-hydrogen) atoms. The molecule has 0 saturated heterocycles. The monoisotopic (exact) mass is 165 g/mol. The van der Waals surface area contributed by atoms with Gasteiger partial charge in [0.05, 0.1) is 0 Å². The third-order valence-corrected chi connectivity index (χ3v) is 1.94. The van der Waals surface area contributed by atoms with E-state index in [9.17, 15) is 0 Å². The minimum Gasteiger partial charge on any atom is -0.396 e. The number of aliphatic hydroxyl groups excluding tert-OH is 1. The first kappa shape index (κ1) is 9.23. The van der Waals surface area contributed by atoms with E-state index in [-0.39, 0.29) is 6.61 Å². The van der Waals surface area contributed by atoms with Crippen molar-refractivity contribution in [1.29, 1.82) is 0 Å². The summed E-state index contributed by atoms with van der Waals surface area (Å²) in [5.41, 5.74) is 8.00. The zero-order valence-electron chi connectivity index (χ0n) is 7.16. The second-order valence-electron chi connectivity index (χ2n) is 2.80. The van der Waals surface area contributed by atoms with Crippen molar-refractivity contribution in [2.75, 3.05) is 6.61 Å². The lowest BCUT2D eigenvalue weighted by Gasteiger charge is -2.05. The van der Waals surface area contributed by atoms with Gasteiger partial charge in [-0.2, -0.15) is 0 Å². The molecule has 2 nitrogen and oxygen atoms in total. The number of hydrogen-bond acceptors (Lipinski definition) is 2. The van der Waals surface area contributed by atoms with Gasteiger partial charge in [-0.1, -0.05) is 24.3 Å². The molecule has 3 N–H and O–H groups in total. The minimum absolute atomic E-state index is 0.249. The van der Waals surface area contributed by atoms with E-state index < -0.39 is 0 Å². The maximum atomic E-state index is 8.66. The second-order valence-corrected chi connectivity index (χ2v) is 2.80. The Kier molecular flexibility index (Phi) is 3.77. The number of rotatable bonds is 4. The van der Waals surface area contributed by atoms with Crippen molar-refractivity contribution in [2.45, 2.75) is 19.4 Å². The Morgan fingerprint density at radius 1 is 1.17 bits per heavy atom. The van der Waals surface area contributed by atoms with Crippen LogP contribution in [0.2, 0.25) is 0 Å². The van der Waals surface area contributed by atoms with Crippen LogP contribution in [0.5, 0.6) is 0 Å². The molecule has 0 amide bonds. The summed E-state index contributed by atoms with van der Waals surface area (Å²) in [6.45, 7) is 0.834. The van der Waals surface area contributed by atoms with E-state index in [4.69, 9.17) is 10.8 Å². The summed E-state index contributed by atoms with van der Waals surface area (Å²) in [5, 5.41) is 8.66. The lowest BCUT2D eigenvalue weighted by atomic mass is 10.0. The molecule has 0 radical (unpaired) electrons. The van der Waals surface area contributed by atoms with E-state index >= 15 is 0 Å². The van der Waals surface area contributed by atoms with Crippen LogP contribution in [0.25, 0.3) is 0 Å². The molecule has 2 heteroatoms. The standard InChI is InChI=1S/C10H15NO/c11-8-10-5-2-1-4-9(10)6-3-7-12/h1-2,4-5,12H,3,6-8,11H2. The SMILES string of the molecule is NCc1ccccc1CCCO. The van der Waals surface area contributed by atoms with Gasteiger partial charge < -0.3 is 10.8 Å². The third kappa shape index (κ3) is 2.32. The van der Waals surface area contributed by atoms with Gasteiger partial charge in [0, 0.05) is 13.2 Å². The molecule has 0 aliphatic heterocycles. The van der Waals surface area contributed by atoms with Gasteiger partial charge in [-0.25, -0.2) is 0 Å². The molecular formula is C10H15NO. The molecule has 1 rings (SSSR count). The molecule has 0 fully saturated rings. The Labute approximate surface area is 73.0 Å². The highest BCUT2D eigenvalue weighted by Crippen LogP contribution is 2.09. The maximum absolute atomic E-state index is 8.66. The lowest BCUT2D eigenvalue weighted by molar-refractivity contribution is 0.288. The number of nitrogens with two attached hydrogens (primary N) is 1.